The molecule has 0 aromatic carbocycles. The molecule has 0 fully saturated rings. The highest BCUT2D eigenvalue weighted by molar-refractivity contribution is 5.77. The second kappa shape index (κ2) is 11.9. The zero-order chi connectivity index (χ0) is 22.8. The van der Waals surface area contributed by atoms with Crippen LogP contribution in [0.4, 0.5) is 4.79 Å². The van der Waals surface area contributed by atoms with Crippen molar-refractivity contribution in [3.8, 4) is 0 Å². The van der Waals surface area contributed by atoms with Crippen LogP contribution in [0.1, 0.15) is 61.3 Å². The van der Waals surface area contributed by atoms with Gasteiger partial charge in [-0.05, 0) is 58.6 Å². The van der Waals surface area contributed by atoms with Crippen molar-refractivity contribution in [1.29, 1.82) is 0 Å². The van der Waals surface area contributed by atoms with Gasteiger partial charge in [-0.15, -0.1) is 0 Å². The highest BCUT2D eigenvalue weighted by Gasteiger charge is 2.36. The summed E-state index contributed by atoms with van der Waals surface area (Å²) in [7, 11) is 1.49. The topological polar surface area (TPSA) is 94.1 Å². The molecule has 1 amide bonds. The molecule has 2 atom stereocenters. The van der Waals surface area contributed by atoms with Crippen LogP contribution in [0.2, 0.25) is 0 Å². The molecule has 0 aliphatic carbocycles. The molecule has 2 unspecified atom stereocenters. The third-order valence-corrected chi connectivity index (χ3v) is 4.14. The molecule has 168 valence electrons. The van der Waals surface area contributed by atoms with Gasteiger partial charge in [0.25, 0.3) is 0 Å². The average Bonchev–Trinajstić information content (AvgIpc) is 2.58. The Bertz CT molecular complexity index is 591. The maximum Gasteiger partial charge on any atom is 0.408 e. The lowest BCUT2D eigenvalue weighted by atomic mass is 9.86. The quantitative estimate of drug-likeness (QED) is 0.302. The Labute approximate surface area is 175 Å². The van der Waals surface area contributed by atoms with Gasteiger partial charge in [-0.2, -0.15) is 0 Å². The second-order valence-corrected chi connectivity index (χ2v) is 8.83. The molecule has 0 spiro atoms. The van der Waals surface area contributed by atoms with Crippen molar-refractivity contribution in [2.45, 2.75) is 73.0 Å². The largest absolute Gasteiger partial charge is 0.501 e. The zero-order valence-corrected chi connectivity index (χ0v) is 19.3. The number of hydrogen-bond acceptors (Lipinski definition) is 6. The first-order chi connectivity index (χ1) is 13.3. The normalized spacial score (nSPS) is 15.3. The fourth-order valence-electron chi connectivity index (χ4n) is 2.60. The van der Waals surface area contributed by atoms with Crippen LogP contribution >= 0.6 is 0 Å². The van der Waals surface area contributed by atoms with E-state index in [1.807, 2.05) is 13.8 Å². The summed E-state index contributed by atoms with van der Waals surface area (Å²) in [6, 6.07) is -0.363. The summed E-state index contributed by atoms with van der Waals surface area (Å²) >= 11 is 0. The Balaban J connectivity index is 5.49. The molecule has 0 aromatic heterocycles. The first kappa shape index (κ1) is 27.0. The van der Waals surface area contributed by atoms with E-state index in [0.29, 0.717) is 23.7 Å². The Kier molecular flexibility index (Phi) is 11.0. The molecule has 7 nitrogen and oxygen atoms in total. The van der Waals surface area contributed by atoms with Gasteiger partial charge in [-0.1, -0.05) is 20.4 Å². The summed E-state index contributed by atoms with van der Waals surface area (Å²) in [4.78, 5) is 24.5. The number of aliphatic hydroxyl groups is 1. The van der Waals surface area contributed by atoms with Gasteiger partial charge in [0.1, 0.15) is 5.60 Å². The van der Waals surface area contributed by atoms with Crippen molar-refractivity contribution in [1.82, 2.24) is 5.32 Å². The summed E-state index contributed by atoms with van der Waals surface area (Å²) in [5, 5.41) is 12.6. The lowest BCUT2D eigenvalue weighted by molar-refractivity contribution is -0.157. The first-order valence-electron chi connectivity index (χ1n) is 9.99. The van der Waals surface area contributed by atoms with Crippen LogP contribution in [0.15, 0.2) is 24.0 Å². The summed E-state index contributed by atoms with van der Waals surface area (Å²) in [6.07, 6.45) is 1.96. The molecule has 0 bridgehead atoms. The molecule has 7 heteroatoms. The van der Waals surface area contributed by atoms with Crippen molar-refractivity contribution in [2.24, 2.45) is 11.3 Å². The van der Waals surface area contributed by atoms with Crippen LogP contribution in [0, 0.1) is 11.3 Å². The van der Waals surface area contributed by atoms with Gasteiger partial charge >= 0.3 is 12.1 Å². The van der Waals surface area contributed by atoms with E-state index in [1.54, 1.807) is 40.7 Å². The number of carbonyl (C=O) groups is 2. The van der Waals surface area contributed by atoms with E-state index in [4.69, 9.17) is 14.2 Å². The van der Waals surface area contributed by atoms with E-state index in [2.05, 4.69) is 11.9 Å². The first-order valence-corrected chi connectivity index (χ1v) is 9.99. The van der Waals surface area contributed by atoms with E-state index in [0.717, 1.165) is 0 Å². The molecule has 0 aliphatic rings. The van der Waals surface area contributed by atoms with Crippen molar-refractivity contribution in [2.75, 3.05) is 20.3 Å². The standard InChI is InChI=1S/C22H39NO6/c1-10-28-19(25)22(8,14-24)13-17(27-9)12-16(4)18(11-15(2)3)23-20(26)29-21(5,6)7/h12,15,18,24H,4,10-11,13-14H2,1-3,5-9H3,(H,23,26)/b17-12-. The van der Waals surface area contributed by atoms with E-state index in [9.17, 15) is 14.7 Å². The predicted octanol–water partition coefficient (Wildman–Crippen LogP) is 3.96. The van der Waals surface area contributed by atoms with Gasteiger partial charge < -0.3 is 24.6 Å². The minimum atomic E-state index is -1.13. The Hall–Kier alpha value is -2.02. The highest BCUT2D eigenvalue weighted by Crippen LogP contribution is 2.29. The van der Waals surface area contributed by atoms with E-state index >= 15 is 0 Å². The van der Waals surface area contributed by atoms with Crippen molar-refractivity contribution >= 4 is 12.1 Å². The molecule has 0 rings (SSSR count). The van der Waals surface area contributed by atoms with Crippen molar-refractivity contribution < 1.29 is 28.9 Å². The molecule has 2 N–H and O–H groups in total. The lowest BCUT2D eigenvalue weighted by Crippen LogP contribution is -2.40. The van der Waals surface area contributed by atoms with Crippen LogP contribution in [0.3, 0.4) is 0 Å². The number of amides is 1. The molecule has 0 aliphatic heterocycles. The van der Waals surface area contributed by atoms with Crippen LogP contribution in [0.5, 0.6) is 0 Å². The molecule has 0 saturated heterocycles. The SMILES string of the molecule is C=C(/C=C(/CC(C)(CO)C(=O)OCC)OC)C(CC(C)C)NC(=O)OC(C)(C)C. The summed E-state index contributed by atoms with van der Waals surface area (Å²) in [5.74, 6) is 0.259. The number of hydrogen-bond donors (Lipinski definition) is 2. The molecule has 0 saturated carbocycles. The van der Waals surface area contributed by atoms with Gasteiger partial charge in [-0.25, -0.2) is 4.79 Å². The van der Waals surface area contributed by atoms with Crippen molar-refractivity contribution in [3.05, 3.63) is 24.0 Å². The van der Waals surface area contributed by atoms with Crippen LogP contribution in [-0.4, -0.2) is 49.1 Å². The number of allylic oxidation sites excluding steroid dienone is 1. The van der Waals surface area contributed by atoms with E-state index < -0.39 is 23.1 Å². The minimum Gasteiger partial charge on any atom is -0.501 e. The second-order valence-electron chi connectivity index (χ2n) is 8.83. The number of rotatable bonds is 11. The highest BCUT2D eigenvalue weighted by atomic mass is 16.6. The summed E-state index contributed by atoms with van der Waals surface area (Å²) in [5.41, 5.74) is -1.13. The minimum absolute atomic E-state index is 0.138. The zero-order valence-electron chi connectivity index (χ0n) is 19.3. The van der Waals surface area contributed by atoms with Crippen LogP contribution in [-0.2, 0) is 19.0 Å². The number of carbonyl (C=O) groups excluding carboxylic acids is 2. The monoisotopic (exact) mass is 413 g/mol. The van der Waals surface area contributed by atoms with Crippen molar-refractivity contribution in [3.63, 3.8) is 0 Å². The Morgan fingerprint density at radius 3 is 2.21 bits per heavy atom. The number of nitrogens with one attached hydrogen (secondary N) is 1. The fourth-order valence-corrected chi connectivity index (χ4v) is 2.60. The van der Waals surface area contributed by atoms with Gasteiger partial charge in [0, 0.05) is 6.42 Å². The van der Waals surface area contributed by atoms with Gasteiger partial charge in [0.05, 0.1) is 37.5 Å². The predicted molar refractivity (Wildman–Crippen MR) is 113 cm³/mol. The Morgan fingerprint density at radius 2 is 1.79 bits per heavy atom. The summed E-state index contributed by atoms with van der Waals surface area (Å²) < 4.78 is 15.8. The lowest BCUT2D eigenvalue weighted by Gasteiger charge is -2.27. The van der Waals surface area contributed by atoms with Crippen LogP contribution < -0.4 is 5.32 Å². The van der Waals surface area contributed by atoms with Crippen LogP contribution in [0.25, 0.3) is 0 Å². The average molecular weight is 414 g/mol. The molecule has 29 heavy (non-hydrogen) atoms. The number of alkyl carbamates (subject to hydrolysis) is 1. The fraction of sp³-hybridized carbons (Fsp3) is 0.727. The number of esters is 1. The Morgan fingerprint density at radius 1 is 1.21 bits per heavy atom. The number of methoxy groups -OCH3 is 1. The maximum atomic E-state index is 12.2. The molecular formula is C22H39NO6. The maximum absolute atomic E-state index is 12.2. The molecule has 0 aromatic rings. The van der Waals surface area contributed by atoms with Gasteiger partial charge in [0.2, 0.25) is 0 Å². The summed E-state index contributed by atoms with van der Waals surface area (Å²) in [6.45, 7) is 16.7. The third-order valence-electron chi connectivity index (χ3n) is 4.14. The molecular weight excluding hydrogens is 374 g/mol. The van der Waals surface area contributed by atoms with Gasteiger partial charge in [-0.3, -0.25) is 4.79 Å². The third kappa shape index (κ3) is 10.4. The number of aliphatic hydroxyl groups excluding tert-OH is 1. The van der Waals surface area contributed by atoms with Gasteiger partial charge in [0.15, 0.2) is 0 Å². The van der Waals surface area contributed by atoms with E-state index in [1.165, 1.54) is 7.11 Å². The molecule has 0 heterocycles. The number of ether oxygens (including phenoxy) is 3. The smallest absolute Gasteiger partial charge is 0.408 e. The van der Waals surface area contributed by atoms with E-state index in [-0.39, 0.29) is 25.7 Å². The molecule has 0 radical (unpaired) electrons.